The van der Waals surface area contributed by atoms with Crippen molar-refractivity contribution >= 4 is 12.0 Å². The number of hydrogen-bond donors (Lipinski definition) is 2. The topological polar surface area (TPSA) is 57.5 Å². The van der Waals surface area contributed by atoms with E-state index in [1.807, 2.05) is 30.3 Å². The minimum atomic E-state index is -0.973. The van der Waals surface area contributed by atoms with Crippen LogP contribution in [0.1, 0.15) is 74.5 Å². The molecule has 0 heterocycles. The highest BCUT2D eigenvalue weighted by molar-refractivity contribution is 5.85. The molecule has 2 aromatic carbocycles. The van der Waals surface area contributed by atoms with Crippen molar-refractivity contribution in [3.63, 3.8) is 0 Å². The molecule has 0 saturated heterocycles. The van der Waals surface area contributed by atoms with Crippen LogP contribution in [0.25, 0.3) is 6.08 Å². The molecule has 3 nitrogen and oxygen atoms in total. The first kappa shape index (κ1) is 19.4. The zero-order valence-electron chi connectivity index (χ0n) is 16.5. The van der Waals surface area contributed by atoms with E-state index >= 15 is 0 Å². The fourth-order valence-electron chi connectivity index (χ4n) is 3.93. The lowest BCUT2D eigenvalue weighted by Crippen LogP contribution is -2.34. The molecule has 3 rings (SSSR count). The Kier molecular flexibility index (Phi) is 5.00. The number of carboxylic acids is 1. The van der Waals surface area contributed by atoms with Gasteiger partial charge in [0.2, 0.25) is 0 Å². The normalized spacial score (nSPS) is 18.9. The van der Waals surface area contributed by atoms with E-state index in [-0.39, 0.29) is 10.8 Å². The second-order valence-electron chi connectivity index (χ2n) is 8.81. The lowest BCUT2D eigenvalue weighted by Gasteiger charge is -2.42. The molecule has 142 valence electrons. The van der Waals surface area contributed by atoms with Crippen LogP contribution in [0.4, 0.5) is 0 Å². The molecule has 2 aromatic rings. The maximum absolute atomic E-state index is 10.9. The monoisotopic (exact) mass is 364 g/mol. The molecular formula is C24H28O3. The molecule has 1 aliphatic rings. The maximum Gasteiger partial charge on any atom is 0.328 e. The maximum atomic E-state index is 10.9. The fraction of sp³-hybridized carbons (Fsp3) is 0.375. The largest absolute Gasteiger partial charge is 0.478 e. The predicted octanol–water partition coefficient (Wildman–Crippen LogP) is 5.22. The summed E-state index contributed by atoms with van der Waals surface area (Å²) in [4.78, 5) is 10.6. The Morgan fingerprint density at radius 1 is 0.926 bits per heavy atom. The SMILES string of the molecule is CC1(C)CCC(C)(C)c2cc(C(O)c3ccc(C=CC(=O)O)cc3)ccc21. The summed E-state index contributed by atoms with van der Waals surface area (Å²) < 4.78 is 0. The van der Waals surface area contributed by atoms with E-state index in [1.165, 1.54) is 17.5 Å². The minimum Gasteiger partial charge on any atom is -0.478 e. The summed E-state index contributed by atoms with van der Waals surface area (Å²) in [5, 5.41) is 19.6. The second-order valence-corrected chi connectivity index (χ2v) is 8.81. The van der Waals surface area contributed by atoms with E-state index in [2.05, 4.69) is 39.8 Å². The van der Waals surface area contributed by atoms with Crippen molar-refractivity contribution in [2.45, 2.75) is 57.5 Å². The minimum absolute atomic E-state index is 0.103. The van der Waals surface area contributed by atoms with Gasteiger partial charge in [0.1, 0.15) is 6.10 Å². The van der Waals surface area contributed by atoms with Crippen molar-refractivity contribution in [1.82, 2.24) is 0 Å². The number of rotatable bonds is 4. The number of benzene rings is 2. The molecular weight excluding hydrogens is 336 g/mol. The lowest BCUT2D eigenvalue weighted by molar-refractivity contribution is -0.131. The summed E-state index contributed by atoms with van der Waals surface area (Å²) in [7, 11) is 0. The molecule has 0 amide bonds. The second kappa shape index (κ2) is 6.97. The van der Waals surface area contributed by atoms with Crippen LogP contribution in [-0.2, 0) is 15.6 Å². The van der Waals surface area contributed by atoms with E-state index < -0.39 is 12.1 Å². The Hall–Kier alpha value is -2.39. The third kappa shape index (κ3) is 3.98. The van der Waals surface area contributed by atoms with Gasteiger partial charge in [-0.25, -0.2) is 4.79 Å². The molecule has 0 aromatic heterocycles. The van der Waals surface area contributed by atoms with Crippen LogP contribution in [-0.4, -0.2) is 16.2 Å². The highest BCUT2D eigenvalue weighted by Crippen LogP contribution is 2.46. The first-order chi connectivity index (χ1) is 12.6. The number of aliphatic carboxylic acids is 1. The van der Waals surface area contributed by atoms with Gasteiger partial charge in [0.25, 0.3) is 0 Å². The smallest absolute Gasteiger partial charge is 0.328 e. The van der Waals surface area contributed by atoms with Gasteiger partial charge in [-0.1, -0.05) is 70.2 Å². The average Bonchev–Trinajstić information content (AvgIpc) is 2.63. The number of carboxylic acid groups (broad SMARTS) is 1. The van der Waals surface area contributed by atoms with Gasteiger partial charge < -0.3 is 10.2 Å². The summed E-state index contributed by atoms with van der Waals surface area (Å²) in [6.07, 6.45) is 4.26. The van der Waals surface area contributed by atoms with Gasteiger partial charge in [0.15, 0.2) is 0 Å². The third-order valence-corrected chi connectivity index (χ3v) is 5.86. The zero-order chi connectivity index (χ0) is 19.8. The molecule has 2 N–H and O–H groups in total. The van der Waals surface area contributed by atoms with Crippen LogP contribution in [0, 0.1) is 0 Å². The van der Waals surface area contributed by atoms with Crippen molar-refractivity contribution < 1.29 is 15.0 Å². The van der Waals surface area contributed by atoms with Gasteiger partial charge >= 0.3 is 5.97 Å². The highest BCUT2D eigenvalue weighted by Gasteiger charge is 2.37. The Bertz CT molecular complexity index is 873. The average molecular weight is 364 g/mol. The van der Waals surface area contributed by atoms with Crippen molar-refractivity contribution in [2.75, 3.05) is 0 Å². The summed E-state index contributed by atoms with van der Waals surface area (Å²) in [6, 6.07) is 13.7. The number of aliphatic hydroxyl groups is 1. The van der Waals surface area contributed by atoms with Crippen LogP contribution < -0.4 is 0 Å². The van der Waals surface area contributed by atoms with Crippen LogP contribution >= 0.6 is 0 Å². The van der Waals surface area contributed by atoms with Crippen LogP contribution in [0.5, 0.6) is 0 Å². The number of hydrogen-bond acceptors (Lipinski definition) is 2. The molecule has 1 unspecified atom stereocenters. The molecule has 0 fully saturated rings. The van der Waals surface area contributed by atoms with Gasteiger partial charge in [-0.15, -0.1) is 0 Å². The van der Waals surface area contributed by atoms with E-state index in [9.17, 15) is 9.90 Å². The van der Waals surface area contributed by atoms with Crippen LogP contribution in [0.3, 0.4) is 0 Å². The molecule has 0 bridgehead atoms. The van der Waals surface area contributed by atoms with Gasteiger partial charge in [-0.2, -0.15) is 0 Å². The van der Waals surface area contributed by atoms with Crippen molar-refractivity contribution in [2.24, 2.45) is 0 Å². The first-order valence-corrected chi connectivity index (χ1v) is 9.44. The summed E-state index contributed by atoms with van der Waals surface area (Å²) >= 11 is 0. The van der Waals surface area contributed by atoms with Crippen LogP contribution in [0.2, 0.25) is 0 Å². The third-order valence-electron chi connectivity index (χ3n) is 5.86. The summed E-state index contributed by atoms with van der Waals surface area (Å²) in [6.45, 7) is 9.14. The quantitative estimate of drug-likeness (QED) is 0.732. The van der Waals surface area contributed by atoms with E-state index in [1.54, 1.807) is 6.08 Å². The molecule has 1 atom stereocenters. The number of aliphatic hydroxyl groups excluding tert-OH is 1. The van der Waals surface area contributed by atoms with Gasteiger partial charge in [-0.05, 0) is 57.6 Å². The zero-order valence-corrected chi connectivity index (χ0v) is 16.5. The Balaban J connectivity index is 1.92. The van der Waals surface area contributed by atoms with E-state index in [0.29, 0.717) is 0 Å². The van der Waals surface area contributed by atoms with E-state index in [4.69, 9.17) is 5.11 Å². The molecule has 3 heteroatoms. The number of fused-ring (bicyclic) bond motifs is 1. The van der Waals surface area contributed by atoms with Crippen LogP contribution in [0.15, 0.2) is 48.5 Å². The molecule has 1 aliphatic carbocycles. The van der Waals surface area contributed by atoms with Crippen molar-refractivity contribution in [3.8, 4) is 0 Å². The molecule has 0 aliphatic heterocycles. The van der Waals surface area contributed by atoms with Crippen molar-refractivity contribution in [3.05, 3.63) is 76.4 Å². The molecule has 0 saturated carbocycles. The Morgan fingerprint density at radius 3 is 2.07 bits per heavy atom. The fourth-order valence-corrected chi connectivity index (χ4v) is 3.93. The van der Waals surface area contributed by atoms with Gasteiger partial charge in [-0.3, -0.25) is 0 Å². The summed E-state index contributed by atoms with van der Waals surface area (Å²) in [5.74, 6) is -0.973. The highest BCUT2D eigenvalue weighted by atomic mass is 16.4. The first-order valence-electron chi connectivity index (χ1n) is 9.44. The Morgan fingerprint density at radius 2 is 1.48 bits per heavy atom. The Labute approximate surface area is 161 Å². The lowest BCUT2D eigenvalue weighted by atomic mass is 9.63. The van der Waals surface area contributed by atoms with Crippen molar-refractivity contribution in [1.29, 1.82) is 0 Å². The summed E-state index contributed by atoms with van der Waals surface area (Å²) in [5.41, 5.74) is 5.46. The molecule has 0 spiro atoms. The molecule has 0 radical (unpaired) electrons. The van der Waals surface area contributed by atoms with E-state index in [0.717, 1.165) is 29.2 Å². The van der Waals surface area contributed by atoms with Gasteiger partial charge in [0.05, 0.1) is 0 Å². The van der Waals surface area contributed by atoms with Gasteiger partial charge in [0, 0.05) is 6.08 Å². The number of carbonyl (C=O) groups is 1. The predicted molar refractivity (Wildman–Crippen MR) is 109 cm³/mol. The standard InChI is InChI=1S/C24H28O3/c1-23(2)13-14-24(3,4)20-15-18(10-11-19(20)23)22(27)17-8-5-16(6-9-17)7-12-21(25)26/h5-12,15,22,27H,13-14H2,1-4H3,(H,25,26). The molecule has 27 heavy (non-hydrogen) atoms.